The number of sulfonamides is 1. The topological polar surface area (TPSA) is 84.2 Å². The summed E-state index contributed by atoms with van der Waals surface area (Å²) in [5.41, 5.74) is 1.46. The van der Waals surface area contributed by atoms with Crippen molar-refractivity contribution >= 4 is 21.4 Å². The molecule has 0 aliphatic rings. The van der Waals surface area contributed by atoms with Crippen LogP contribution in [0.25, 0.3) is 10.6 Å². The fourth-order valence-electron chi connectivity index (χ4n) is 2.57. The van der Waals surface area contributed by atoms with Gasteiger partial charge in [0.1, 0.15) is 10.6 Å². The molecule has 2 N–H and O–H groups in total. The van der Waals surface area contributed by atoms with Crippen LogP contribution in [0.5, 0.6) is 0 Å². The molecule has 0 radical (unpaired) electrons. The molecule has 2 aromatic heterocycles. The highest BCUT2D eigenvalue weighted by molar-refractivity contribution is 7.89. The molecule has 0 aliphatic heterocycles. The number of aliphatic hydroxyl groups excluding tert-OH is 1. The predicted molar refractivity (Wildman–Crippen MR) is 103 cm³/mol. The summed E-state index contributed by atoms with van der Waals surface area (Å²) in [7, 11) is -3.80. The predicted octanol–water partition coefficient (Wildman–Crippen LogP) is 2.71. The van der Waals surface area contributed by atoms with Crippen LogP contribution in [0, 0.1) is 0 Å². The van der Waals surface area contributed by atoms with Crippen molar-refractivity contribution in [1.82, 2.24) is 14.5 Å². The number of rotatable bonds is 8. The zero-order valence-electron chi connectivity index (χ0n) is 14.4. The molecule has 1 atom stereocenters. The van der Waals surface area contributed by atoms with Crippen LogP contribution < -0.4 is 4.72 Å². The van der Waals surface area contributed by atoms with E-state index in [-0.39, 0.29) is 11.5 Å². The molecule has 1 unspecified atom stereocenters. The summed E-state index contributed by atoms with van der Waals surface area (Å²) >= 11 is 1.44. The first-order valence-electron chi connectivity index (χ1n) is 8.32. The Morgan fingerprint density at radius 1 is 1.23 bits per heavy atom. The van der Waals surface area contributed by atoms with Crippen LogP contribution in [0.1, 0.15) is 18.9 Å². The second-order valence-corrected chi connectivity index (χ2v) is 8.54. The Morgan fingerprint density at radius 2 is 2.00 bits per heavy atom. The van der Waals surface area contributed by atoms with E-state index in [0.717, 1.165) is 10.4 Å². The average Bonchev–Trinajstić information content (AvgIpc) is 3.30. The van der Waals surface area contributed by atoms with E-state index >= 15 is 0 Å². The summed E-state index contributed by atoms with van der Waals surface area (Å²) in [6.07, 6.45) is 2.05. The third kappa shape index (κ3) is 4.21. The van der Waals surface area contributed by atoms with E-state index in [2.05, 4.69) is 9.82 Å². The molecule has 138 valence electrons. The molecule has 0 bridgehead atoms. The van der Waals surface area contributed by atoms with Gasteiger partial charge in [0.2, 0.25) is 10.0 Å². The molecule has 3 aromatic rings. The van der Waals surface area contributed by atoms with E-state index in [1.165, 1.54) is 11.3 Å². The second kappa shape index (κ2) is 8.13. The van der Waals surface area contributed by atoms with Gasteiger partial charge in [-0.1, -0.05) is 43.3 Å². The van der Waals surface area contributed by atoms with Crippen molar-refractivity contribution in [2.45, 2.75) is 30.8 Å². The molecule has 0 amide bonds. The quantitative estimate of drug-likeness (QED) is 0.618. The van der Waals surface area contributed by atoms with E-state index in [1.807, 2.05) is 54.8 Å². The molecule has 8 heteroatoms. The van der Waals surface area contributed by atoms with Crippen molar-refractivity contribution < 1.29 is 13.5 Å². The number of aliphatic hydroxyl groups is 1. The Balaban J connectivity index is 2.00. The molecular weight excluding hydrogens is 370 g/mol. The van der Waals surface area contributed by atoms with Gasteiger partial charge < -0.3 is 5.11 Å². The van der Waals surface area contributed by atoms with Crippen molar-refractivity contribution in [3.8, 4) is 10.6 Å². The van der Waals surface area contributed by atoms with Gasteiger partial charge in [0.25, 0.3) is 0 Å². The summed E-state index contributed by atoms with van der Waals surface area (Å²) in [5.74, 6) is 0. The second-order valence-electron chi connectivity index (χ2n) is 5.91. The van der Waals surface area contributed by atoms with Gasteiger partial charge in [0.05, 0.1) is 18.0 Å². The summed E-state index contributed by atoms with van der Waals surface area (Å²) in [5, 5.41) is 15.7. The van der Waals surface area contributed by atoms with E-state index < -0.39 is 16.1 Å². The minimum absolute atomic E-state index is 0.128. The smallest absolute Gasteiger partial charge is 0.244 e. The van der Waals surface area contributed by atoms with Gasteiger partial charge in [-0.3, -0.25) is 4.68 Å². The van der Waals surface area contributed by atoms with Crippen LogP contribution in [-0.4, -0.2) is 36.0 Å². The highest BCUT2D eigenvalue weighted by Crippen LogP contribution is 2.30. The lowest BCUT2D eigenvalue weighted by Gasteiger charge is -2.13. The molecule has 0 saturated heterocycles. The summed E-state index contributed by atoms with van der Waals surface area (Å²) in [4.78, 5) is 0.914. The third-order valence-corrected chi connectivity index (χ3v) is 6.39. The van der Waals surface area contributed by atoms with Gasteiger partial charge in [0, 0.05) is 12.2 Å². The van der Waals surface area contributed by atoms with Gasteiger partial charge in [0.15, 0.2) is 0 Å². The van der Waals surface area contributed by atoms with E-state index in [1.54, 1.807) is 10.9 Å². The Labute approximate surface area is 157 Å². The van der Waals surface area contributed by atoms with Crippen molar-refractivity contribution in [2.24, 2.45) is 0 Å². The Bertz CT molecular complexity index is 931. The average molecular weight is 392 g/mol. The summed E-state index contributed by atoms with van der Waals surface area (Å²) in [6.45, 7) is 2.05. The van der Waals surface area contributed by atoms with Crippen LogP contribution in [0.4, 0.5) is 0 Å². The maximum Gasteiger partial charge on any atom is 0.244 e. The first kappa shape index (κ1) is 18.8. The fraction of sp³-hybridized carbons (Fsp3) is 0.278. The van der Waals surface area contributed by atoms with Crippen molar-refractivity contribution in [3.05, 3.63) is 59.6 Å². The Morgan fingerprint density at radius 3 is 2.62 bits per heavy atom. The third-order valence-electron chi connectivity index (χ3n) is 3.99. The lowest BCUT2D eigenvalue weighted by molar-refractivity contribution is 0.254. The largest absolute Gasteiger partial charge is 0.395 e. The number of nitrogens with zero attached hydrogens (tertiary/aromatic N) is 2. The van der Waals surface area contributed by atoms with E-state index in [9.17, 15) is 13.5 Å². The number of hydrogen-bond donors (Lipinski definition) is 2. The highest BCUT2D eigenvalue weighted by Gasteiger charge is 2.26. The first-order valence-corrected chi connectivity index (χ1v) is 10.7. The van der Waals surface area contributed by atoms with Gasteiger partial charge in [-0.2, -0.15) is 5.10 Å². The van der Waals surface area contributed by atoms with Crippen LogP contribution in [-0.2, 0) is 16.6 Å². The van der Waals surface area contributed by atoms with Gasteiger partial charge >= 0.3 is 0 Å². The monoisotopic (exact) mass is 391 g/mol. The van der Waals surface area contributed by atoms with Crippen molar-refractivity contribution in [1.29, 1.82) is 0 Å². The minimum Gasteiger partial charge on any atom is -0.395 e. The van der Waals surface area contributed by atoms with Crippen LogP contribution >= 0.6 is 11.3 Å². The van der Waals surface area contributed by atoms with Gasteiger partial charge in [-0.15, -0.1) is 11.3 Å². The van der Waals surface area contributed by atoms with Gasteiger partial charge in [-0.25, -0.2) is 13.1 Å². The van der Waals surface area contributed by atoms with Crippen molar-refractivity contribution in [2.75, 3.05) is 6.61 Å². The Kier molecular flexibility index (Phi) is 5.87. The lowest BCUT2D eigenvalue weighted by atomic mass is 10.2. The zero-order valence-corrected chi connectivity index (χ0v) is 16.0. The molecule has 0 spiro atoms. The standard InChI is InChI=1S/C18H21N3O3S2/c1-2-15(13-22)20-26(23,24)17-12-21(11-14-7-4-3-5-8-14)19-18(17)16-9-6-10-25-16/h3-10,12,15,20,22H,2,11,13H2,1H3. The summed E-state index contributed by atoms with van der Waals surface area (Å²) < 4.78 is 29.9. The number of hydrogen-bond acceptors (Lipinski definition) is 5. The minimum atomic E-state index is -3.80. The molecule has 2 heterocycles. The normalized spacial score (nSPS) is 13.0. The maximum atomic E-state index is 12.9. The SMILES string of the molecule is CCC(CO)NS(=O)(=O)c1cn(Cc2ccccc2)nc1-c1cccs1. The van der Waals surface area contributed by atoms with Crippen LogP contribution in [0.2, 0.25) is 0 Å². The van der Waals surface area contributed by atoms with E-state index in [0.29, 0.717) is 18.7 Å². The molecular formula is C18H21N3O3S2. The fourth-order valence-corrected chi connectivity index (χ4v) is 4.83. The molecule has 3 rings (SSSR count). The van der Waals surface area contributed by atoms with Gasteiger partial charge in [-0.05, 0) is 23.4 Å². The maximum absolute atomic E-state index is 12.9. The number of aromatic nitrogens is 2. The zero-order chi connectivity index (χ0) is 18.6. The lowest BCUT2D eigenvalue weighted by Crippen LogP contribution is -2.36. The van der Waals surface area contributed by atoms with Crippen LogP contribution in [0.3, 0.4) is 0 Å². The number of thiophene rings is 1. The number of nitrogens with one attached hydrogen (secondary N) is 1. The molecule has 0 fully saturated rings. The Hall–Kier alpha value is -2.00. The molecule has 6 nitrogen and oxygen atoms in total. The van der Waals surface area contributed by atoms with Crippen molar-refractivity contribution in [3.63, 3.8) is 0 Å². The molecule has 26 heavy (non-hydrogen) atoms. The van der Waals surface area contributed by atoms with Crippen LogP contribution in [0.15, 0.2) is 58.9 Å². The summed E-state index contributed by atoms with van der Waals surface area (Å²) in [6, 6.07) is 12.9. The highest BCUT2D eigenvalue weighted by atomic mass is 32.2. The molecule has 0 saturated carbocycles. The molecule has 1 aromatic carbocycles. The van der Waals surface area contributed by atoms with E-state index in [4.69, 9.17) is 0 Å². The molecule has 0 aliphatic carbocycles. The first-order chi connectivity index (χ1) is 12.5. The number of benzene rings is 1.